The van der Waals surface area contributed by atoms with E-state index in [1.54, 1.807) is 0 Å². The minimum atomic E-state index is -0.393. The largest absolute Gasteiger partial charge is 0.371 e. The Morgan fingerprint density at radius 1 is 1.44 bits per heavy atom. The highest BCUT2D eigenvalue weighted by Crippen LogP contribution is 2.33. The Balaban J connectivity index is 3.17. The molecule has 0 amide bonds. The summed E-state index contributed by atoms with van der Waals surface area (Å²) < 4.78 is 4.45. The van der Waals surface area contributed by atoms with Gasteiger partial charge in [-0.15, -0.1) is 0 Å². The van der Waals surface area contributed by atoms with Crippen LogP contribution in [0.4, 0.5) is 0 Å². The highest BCUT2D eigenvalue weighted by Gasteiger charge is 2.16. The Labute approximate surface area is 78.7 Å². The van der Waals surface area contributed by atoms with Crippen LogP contribution in [0.3, 0.4) is 0 Å². The summed E-state index contributed by atoms with van der Waals surface area (Å²) in [6, 6.07) is 0. The van der Waals surface area contributed by atoms with Gasteiger partial charge in [-0.3, -0.25) is 0 Å². The van der Waals surface area contributed by atoms with E-state index in [1.165, 1.54) is 0 Å². The molecule has 0 aromatic heterocycles. The van der Waals surface area contributed by atoms with E-state index in [0.717, 1.165) is 0 Å². The van der Waals surface area contributed by atoms with E-state index < -0.39 is 2.14 Å². The van der Waals surface area contributed by atoms with Gasteiger partial charge in [-0.1, -0.05) is 47.8 Å². The Morgan fingerprint density at radius 2 is 2.00 bits per heavy atom. The van der Waals surface area contributed by atoms with Crippen LogP contribution >= 0.6 is 47.8 Å². The average molecular weight is 325 g/mol. The molecule has 0 rings (SSSR count). The molecule has 2 nitrogen and oxygen atoms in total. The topological polar surface area (TPSA) is 26.3 Å². The van der Waals surface area contributed by atoms with Crippen molar-refractivity contribution in [3.63, 3.8) is 0 Å². The lowest BCUT2D eigenvalue weighted by atomic mass is 10.8. The molecule has 0 radical (unpaired) electrons. The van der Waals surface area contributed by atoms with Crippen molar-refractivity contribution in [2.75, 3.05) is 13.2 Å². The Morgan fingerprint density at radius 3 is 2.33 bits per heavy atom. The summed E-state index contributed by atoms with van der Waals surface area (Å²) in [5.41, 5.74) is 0. The number of alkyl halides is 3. The fraction of sp³-hybridized carbons (Fsp3) is 0.750. The van der Waals surface area contributed by atoms with E-state index in [2.05, 4.69) is 47.8 Å². The summed E-state index contributed by atoms with van der Waals surface area (Å²) in [6.45, 7) is 0.524. The van der Waals surface area contributed by atoms with Crippen LogP contribution in [0, 0.1) is 0 Å². The van der Waals surface area contributed by atoms with Gasteiger partial charge in [0.05, 0.1) is 6.61 Å². The van der Waals surface area contributed by atoms with E-state index in [9.17, 15) is 4.79 Å². The maximum Gasteiger partial charge on any atom is 0.158 e. The number of halogens is 3. The SMILES string of the molecule is O=CCOCC(Br)(Br)Br. The lowest BCUT2D eigenvalue weighted by Gasteiger charge is -2.09. The molecule has 0 aliphatic rings. The van der Waals surface area contributed by atoms with Gasteiger partial charge < -0.3 is 9.53 Å². The van der Waals surface area contributed by atoms with E-state index in [0.29, 0.717) is 12.9 Å². The third-order valence-corrected chi connectivity index (χ3v) is 1.14. The smallest absolute Gasteiger partial charge is 0.158 e. The Kier molecular flexibility index (Phi) is 5.39. The maximum absolute atomic E-state index is 9.72. The summed E-state index contributed by atoms with van der Waals surface area (Å²) >= 11 is 9.60. The van der Waals surface area contributed by atoms with Gasteiger partial charge in [-0.2, -0.15) is 0 Å². The molecule has 0 saturated heterocycles. The molecule has 0 aromatic rings. The second kappa shape index (κ2) is 4.82. The quantitative estimate of drug-likeness (QED) is 0.451. The van der Waals surface area contributed by atoms with Crippen LogP contribution in [0.5, 0.6) is 0 Å². The molecule has 0 aliphatic carbocycles. The van der Waals surface area contributed by atoms with Crippen LogP contribution in [0.2, 0.25) is 0 Å². The molecule has 0 saturated carbocycles. The van der Waals surface area contributed by atoms with Gasteiger partial charge in [0.15, 0.2) is 2.14 Å². The average Bonchev–Trinajstić information content (AvgIpc) is 1.63. The molecule has 0 bridgehead atoms. The minimum absolute atomic E-state index is 0.130. The van der Waals surface area contributed by atoms with E-state index >= 15 is 0 Å². The molecular formula is C4H5Br3O2. The van der Waals surface area contributed by atoms with Gasteiger partial charge in [-0.05, 0) is 0 Å². The molecule has 0 atom stereocenters. The van der Waals surface area contributed by atoms with Crippen LogP contribution in [-0.4, -0.2) is 21.6 Å². The first-order chi connectivity index (χ1) is 4.06. The van der Waals surface area contributed by atoms with Crippen molar-refractivity contribution >= 4 is 54.1 Å². The molecule has 0 aromatic carbocycles. The lowest BCUT2D eigenvalue weighted by Crippen LogP contribution is -2.11. The standard InChI is InChI=1S/C4H5Br3O2/c5-4(6,7)3-9-2-1-8/h1H,2-3H2. The number of ether oxygens (including phenoxy) is 1. The van der Waals surface area contributed by atoms with Gasteiger partial charge in [0.25, 0.3) is 0 Å². The first kappa shape index (κ1) is 10.1. The summed E-state index contributed by atoms with van der Waals surface area (Å²) in [5.74, 6) is 0. The second-order valence-corrected chi connectivity index (χ2v) is 8.55. The molecule has 0 spiro atoms. The Bertz CT molecular complexity index is 88.3. The van der Waals surface area contributed by atoms with Crippen LogP contribution < -0.4 is 0 Å². The van der Waals surface area contributed by atoms with Gasteiger partial charge in [0.2, 0.25) is 0 Å². The maximum atomic E-state index is 9.72. The molecule has 0 heterocycles. The number of hydrogen-bond acceptors (Lipinski definition) is 2. The Hall–Kier alpha value is 1.07. The number of aldehydes is 1. The molecule has 0 aliphatic heterocycles. The molecule has 0 fully saturated rings. The zero-order chi connectivity index (χ0) is 7.33. The zero-order valence-electron chi connectivity index (χ0n) is 4.44. The van der Waals surface area contributed by atoms with Crippen LogP contribution in [0.15, 0.2) is 0 Å². The number of rotatable bonds is 3. The predicted molar refractivity (Wildman–Crippen MR) is 46.4 cm³/mol. The zero-order valence-corrected chi connectivity index (χ0v) is 9.20. The van der Waals surface area contributed by atoms with E-state index in [1.807, 2.05) is 0 Å². The van der Waals surface area contributed by atoms with Gasteiger partial charge >= 0.3 is 0 Å². The van der Waals surface area contributed by atoms with Crippen molar-refractivity contribution in [3.05, 3.63) is 0 Å². The third-order valence-electron chi connectivity index (χ3n) is 0.452. The first-order valence-electron chi connectivity index (χ1n) is 2.14. The molecule has 9 heavy (non-hydrogen) atoms. The van der Waals surface area contributed by atoms with Crippen molar-refractivity contribution < 1.29 is 9.53 Å². The number of carbonyl (C=O) groups excluding carboxylic acids is 1. The first-order valence-corrected chi connectivity index (χ1v) is 4.52. The van der Waals surface area contributed by atoms with E-state index in [-0.39, 0.29) is 6.61 Å². The summed E-state index contributed by atoms with van der Waals surface area (Å²) in [7, 11) is 0. The molecule has 5 heteroatoms. The van der Waals surface area contributed by atoms with Crippen LogP contribution in [-0.2, 0) is 9.53 Å². The van der Waals surface area contributed by atoms with Crippen molar-refractivity contribution in [3.8, 4) is 0 Å². The normalized spacial score (nSPS) is 11.4. The molecule has 0 N–H and O–H groups in total. The number of carbonyl (C=O) groups is 1. The van der Waals surface area contributed by atoms with E-state index in [4.69, 9.17) is 4.74 Å². The van der Waals surface area contributed by atoms with Crippen LogP contribution in [0.25, 0.3) is 0 Å². The van der Waals surface area contributed by atoms with Gasteiger partial charge in [-0.25, -0.2) is 0 Å². The molecular weight excluding hydrogens is 320 g/mol. The molecule has 0 unspecified atom stereocenters. The fourth-order valence-corrected chi connectivity index (χ4v) is 0.708. The van der Waals surface area contributed by atoms with Crippen molar-refractivity contribution in [2.24, 2.45) is 0 Å². The van der Waals surface area contributed by atoms with Crippen molar-refractivity contribution in [1.82, 2.24) is 0 Å². The third kappa shape index (κ3) is 9.07. The highest BCUT2D eigenvalue weighted by molar-refractivity contribution is 9.39. The van der Waals surface area contributed by atoms with Crippen molar-refractivity contribution in [1.29, 1.82) is 0 Å². The van der Waals surface area contributed by atoms with Gasteiger partial charge in [0.1, 0.15) is 12.9 Å². The lowest BCUT2D eigenvalue weighted by molar-refractivity contribution is -0.111. The summed E-state index contributed by atoms with van der Waals surface area (Å²) in [6.07, 6.45) is 0.707. The van der Waals surface area contributed by atoms with Gasteiger partial charge in [0, 0.05) is 0 Å². The molecule has 54 valence electrons. The summed E-state index contributed by atoms with van der Waals surface area (Å²) in [4.78, 5) is 9.72. The summed E-state index contributed by atoms with van der Waals surface area (Å²) in [5, 5.41) is 0. The second-order valence-electron chi connectivity index (χ2n) is 1.30. The minimum Gasteiger partial charge on any atom is -0.371 e. The van der Waals surface area contributed by atoms with Crippen molar-refractivity contribution in [2.45, 2.75) is 2.14 Å². The highest BCUT2D eigenvalue weighted by atomic mass is 80.0. The predicted octanol–water partition coefficient (Wildman–Crippen LogP) is 2.04. The van der Waals surface area contributed by atoms with Crippen LogP contribution in [0.1, 0.15) is 0 Å². The fourth-order valence-electron chi connectivity index (χ4n) is 0.223. The number of hydrogen-bond donors (Lipinski definition) is 0. The monoisotopic (exact) mass is 322 g/mol.